The summed E-state index contributed by atoms with van der Waals surface area (Å²) in [5.74, 6) is -0.163. The van der Waals surface area contributed by atoms with Crippen molar-refractivity contribution in [2.75, 3.05) is 0 Å². The summed E-state index contributed by atoms with van der Waals surface area (Å²) < 4.78 is 0. The molecule has 0 amide bonds. The van der Waals surface area contributed by atoms with Gasteiger partial charge in [0.15, 0.2) is 10.8 Å². The molecule has 2 aromatic heterocycles. The van der Waals surface area contributed by atoms with Crippen molar-refractivity contribution in [3.63, 3.8) is 0 Å². The number of carbonyl (C=O) groups is 1. The lowest BCUT2D eigenvalue weighted by Gasteiger charge is -2.25. The first-order chi connectivity index (χ1) is 10.0. The Balaban J connectivity index is 2.68. The summed E-state index contributed by atoms with van der Waals surface area (Å²) in [4.78, 5) is 25.2. The molecular weight excluding hydrogens is 298 g/mol. The summed E-state index contributed by atoms with van der Waals surface area (Å²) in [6.45, 7) is 11.7. The van der Waals surface area contributed by atoms with E-state index >= 15 is 0 Å². The second-order valence-corrected chi connectivity index (χ2v) is 8.15. The lowest BCUT2D eigenvalue weighted by molar-refractivity contribution is 0.102. The molecule has 2 heterocycles. The predicted molar refractivity (Wildman–Crippen MR) is 86.6 cm³/mol. The second kappa shape index (κ2) is 5.43. The molecular formula is C16H21N3O2S. The zero-order valence-electron chi connectivity index (χ0n) is 13.8. The lowest BCUT2D eigenvalue weighted by atomic mass is 9.85. The van der Waals surface area contributed by atoms with Gasteiger partial charge in [-0.25, -0.2) is 15.0 Å². The maximum atomic E-state index is 12.5. The van der Waals surface area contributed by atoms with Crippen LogP contribution in [0.5, 0.6) is 5.75 Å². The molecule has 0 atom stereocenters. The molecule has 0 fully saturated rings. The zero-order valence-corrected chi connectivity index (χ0v) is 14.6. The molecule has 0 unspecified atom stereocenters. The average Bonchev–Trinajstić information content (AvgIpc) is 2.89. The maximum absolute atomic E-state index is 12.5. The first kappa shape index (κ1) is 16.5. The van der Waals surface area contributed by atoms with E-state index in [1.54, 1.807) is 11.6 Å². The van der Waals surface area contributed by atoms with Gasteiger partial charge in [-0.1, -0.05) is 41.5 Å². The molecule has 0 spiro atoms. The monoisotopic (exact) mass is 319 g/mol. The second-order valence-electron chi connectivity index (χ2n) is 7.26. The summed E-state index contributed by atoms with van der Waals surface area (Å²) in [5.41, 5.74) is 0.162. The third-order valence-corrected chi connectivity index (χ3v) is 3.91. The van der Waals surface area contributed by atoms with Crippen LogP contribution in [0, 0.1) is 0 Å². The largest absolute Gasteiger partial charge is 0.504 e. The van der Waals surface area contributed by atoms with Gasteiger partial charge in [-0.2, -0.15) is 0 Å². The maximum Gasteiger partial charge on any atom is 0.258 e. The van der Waals surface area contributed by atoms with Gasteiger partial charge in [0.1, 0.15) is 0 Å². The minimum atomic E-state index is -0.398. The minimum Gasteiger partial charge on any atom is -0.504 e. The summed E-state index contributed by atoms with van der Waals surface area (Å²) in [6.07, 6.45) is 1.58. The third kappa shape index (κ3) is 3.16. The Hall–Kier alpha value is -1.82. The highest BCUT2D eigenvalue weighted by molar-refractivity contribution is 7.11. The van der Waals surface area contributed by atoms with Crippen molar-refractivity contribution in [2.24, 2.45) is 0 Å². The highest BCUT2D eigenvalue weighted by Gasteiger charge is 2.31. The van der Waals surface area contributed by atoms with Crippen molar-refractivity contribution >= 4 is 17.1 Å². The quantitative estimate of drug-likeness (QED) is 0.858. The Kier molecular flexibility index (Phi) is 4.08. The molecule has 1 N–H and O–H groups in total. The third-order valence-electron chi connectivity index (χ3n) is 3.13. The highest BCUT2D eigenvalue weighted by atomic mass is 32.1. The van der Waals surface area contributed by atoms with Crippen molar-refractivity contribution in [1.82, 2.24) is 15.0 Å². The molecule has 5 nitrogen and oxygen atoms in total. The lowest BCUT2D eigenvalue weighted by Crippen LogP contribution is -2.23. The first-order valence-electron chi connectivity index (χ1n) is 7.08. The van der Waals surface area contributed by atoms with Gasteiger partial charge >= 0.3 is 0 Å². The number of hydrogen-bond donors (Lipinski definition) is 1. The van der Waals surface area contributed by atoms with Gasteiger partial charge in [0.2, 0.25) is 5.82 Å². The molecule has 0 aromatic carbocycles. The normalized spacial score (nSPS) is 12.5. The molecule has 0 aliphatic heterocycles. The Bertz CT molecular complexity index is 660. The van der Waals surface area contributed by atoms with Crippen molar-refractivity contribution < 1.29 is 9.90 Å². The fourth-order valence-electron chi connectivity index (χ4n) is 2.03. The fraction of sp³-hybridized carbons (Fsp3) is 0.500. The Morgan fingerprint density at radius 2 is 1.55 bits per heavy atom. The Labute approximate surface area is 134 Å². The van der Waals surface area contributed by atoms with Gasteiger partial charge in [0, 0.05) is 22.4 Å². The van der Waals surface area contributed by atoms with E-state index in [0.717, 1.165) is 0 Å². The molecule has 22 heavy (non-hydrogen) atoms. The average molecular weight is 319 g/mol. The molecule has 118 valence electrons. The van der Waals surface area contributed by atoms with E-state index in [9.17, 15) is 9.90 Å². The summed E-state index contributed by atoms with van der Waals surface area (Å²) in [7, 11) is 0. The van der Waals surface area contributed by atoms with Crippen LogP contribution in [-0.4, -0.2) is 25.8 Å². The number of ketones is 1. The smallest absolute Gasteiger partial charge is 0.258 e. The van der Waals surface area contributed by atoms with Gasteiger partial charge in [0.05, 0.1) is 11.4 Å². The van der Waals surface area contributed by atoms with E-state index in [-0.39, 0.29) is 17.4 Å². The van der Waals surface area contributed by atoms with Crippen LogP contribution < -0.4 is 0 Å². The molecule has 0 radical (unpaired) electrons. The molecule has 0 saturated carbocycles. The number of carbonyl (C=O) groups excluding carboxylic acids is 1. The fourth-order valence-corrected chi connectivity index (χ4v) is 2.60. The Morgan fingerprint density at radius 1 is 1.05 bits per heavy atom. The van der Waals surface area contributed by atoms with Crippen molar-refractivity contribution in [1.29, 1.82) is 0 Å². The number of hydrogen-bond acceptors (Lipinski definition) is 6. The van der Waals surface area contributed by atoms with E-state index in [2.05, 4.69) is 15.0 Å². The van der Waals surface area contributed by atoms with Crippen molar-refractivity contribution in [2.45, 2.75) is 52.4 Å². The standard InChI is InChI=1S/C16H21N3O2S/c1-15(2,3)11-9(20)12(16(4,5)6)19-13(18-11)10(21)14-17-7-8-22-14/h7-8,20H,1-6H3. The van der Waals surface area contributed by atoms with Gasteiger partial charge < -0.3 is 5.11 Å². The van der Waals surface area contributed by atoms with Gasteiger partial charge in [-0.05, 0) is 0 Å². The first-order valence-corrected chi connectivity index (χ1v) is 7.96. The van der Waals surface area contributed by atoms with Crippen LogP contribution in [0.2, 0.25) is 0 Å². The molecule has 2 aromatic rings. The van der Waals surface area contributed by atoms with Crippen LogP contribution in [-0.2, 0) is 10.8 Å². The zero-order chi connectivity index (χ0) is 16.7. The van der Waals surface area contributed by atoms with Gasteiger partial charge in [0.25, 0.3) is 5.78 Å². The van der Waals surface area contributed by atoms with E-state index in [1.165, 1.54) is 11.3 Å². The minimum absolute atomic E-state index is 0.0655. The van der Waals surface area contributed by atoms with Crippen LogP contribution in [0.4, 0.5) is 0 Å². The van der Waals surface area contributed by atoms with Crippen molar-refractivity contribution in [3.05, 3.63) is 33.8 Å². The highest BCUT2D eigenvalue weighted by Crippen LogP contribution is 2.36. The van der Waals surface area contributed by atoms with E-state index in [4.69, 9.17) is 0 Å². The van der Waals surface area contributed by atoms with Crippen LogP contribution in [0.25, 0.3) is 0 Å². The number of aromatic nitrogens is 3. The summed E-state index contributed by atoms with van der Waals surface area (Å²) in [6, 6.07) is 0. The van der Waals surface area contributed by atoms with Crippen LogP contribution in [0.15, 0.2) is 11.6 Å². The van der Waals surface area contributed by atoms with Crippen LogP contribution in [0.3, 0.4) is 0 Å². The van der Waals surface area contributed by atoms with Gasteiger partial charge in [-0.15, -0.1) is 11.3 Å². The molecule has 0 aliphatic rings. The van der Waals surface area contributed by atoms with E-state index in [0.29, 0.717) is 16.4 Å². The number of thiazole rings is 1. The summed E-state index contributed by atoms with van der Waals surface area (Å²) in [5, 5.41) is 12.6. The SMILES string of the molecule is CC(C)(C)c1nc(C(=O)c2nccs2)nc(C(C)(C)C)c1O. The summed E-state index contributed by atoms with van der Waals surface area (Å²) >= 11 is 1.25. The Morgan fingerprint density at radius 3 is 1.91 bits per heavy atom. The number of aromatic hydroxyl groups is 1. The molecule has 0 saturated heterocycles. The van der Waals surface area contributed by atoms with E-state index < -0.39 is 10.8 Å². The number of nitrogens with zero attached hydrogens (tertiary/aromatic N) is 3. The molecule has 2 rings (SSSR count). The predicted octanol–water partition coefficient (Wildman–Crippen LogP) is 3.46. The topological polar surface area (TPSA) is 76.0 Å². The van der Waals surface area contributed by atoms with Crippen molar-refractivity contribution in [3.8, 4) is 5.75 Å². The van der Waals surface area contributed by atoms with Gasteiger partial charge in [-0.3, -0.25) is 4.79 Å². The van der Waals surface area contributed by atoms with E-state index in [1.807, 2.05) is 41.5 Å². The number of rotatable bonds is 2. The van der Waals surface area contributed by atoms with Crippen LogP contribution in [0.1, 0.15) is 68.6 Å². The molecule has 6 heteroatoms. The molecule has 0 bridgehead atoms. The van der Waals surface area contributed by atoms with Crippen LogP contribution >= 0.6 is 11.3 Å². The molecule has 0 aliphatic carbocycles.